The van der Waals surface area contributed by atoms with Crippen molar-refractivity contribution in [2.45, 2.75) is 30.2 Å². The van der Waals surface area contributed by atoms with Crippen LogP contribution in [0.2, 0.25) is 0 Å². The molecule has 1 aromatic heterocycles. The molecule has 26 heavy (non-hydrogen) atoms. The van der Waals surface area contributed by atoms with Crippen LogP contribution < -0.4 is 4.74 Å². The summed E-state index contributed by atoms with van der Waals surface area (Å²) in [5.41, 5.74) is 0.841. The molecule has 1 aliphatic rings. The van der Waals surface area contributed by atoms with Crippen LogP contribution in [0.4, 0.5) is 0 Å². The highest BCUT2D eigenvalue weighted by Gasteiger charge is 2.39. The van der Waals surface area contributed by atoms with Crippen molar-refractivity contribution in [2.75, 3.05) is 19.4 Å². The van der Waals surface area contributed by atoms with Crippen LogP contribution in [0.3, 0.4) is 0 Å². The van der Waals surface area contributed by atoms with Crippen LogP contribution in [0.5, 0.6) is 5.75 Å². The smallest absolute Gasteiger partial charge is 0.263 e. The van der Waals surface area contributed by atoms with E-state index < -0.39 is 10.0 Å². The summed E-state index contributed by atoms with van der Waals surface area (Å²) >= 11 is 5.06. The Balaban J connectivity index is 2.02. The van der Waals surface area contributed by atoms with Gasteiger partial charge in [-0.15, -0.1) is 11.8 Å². The van der Waals surface area contributed by atoms with Crippen molar-refractivity contribution in [3.8, 4) is 5.75 Å². The molecule has 2 heterocycles. The number of aryl methyl sites for hydroxylation is 1. The van der Waals surface area contributed by atoms with Crippen molar-refractivity contribution in [3.05, 3.63) is 40.3 Å². The summed E-state index contributed by atoms with van der Waals surface area (Å²) in [5.74, 6) is 2.31. The molecule has 0 spiro atoms. The number of thioether (sulfide) groups is 1. The average molecular weight is 460 g/mol. The maximum atomic E-state index is 13.3. The van der Waals surface area contributed by atoms with E-state index >= 15 is 0 Å². The van der Waals surface area contributed by atoms with Gasteiger partial charge in [0.2, 0.25) is 0 Å². The number of ether oxygens (including phenoxy) is 1. The minimum absolute atomic E-state index is 0.102. The summed E-state index contributed by atoms with van der Waals surface area (Å²) in [7, 11) is -0.275. The number of benzene rings is 1. The van der Waals surface area contributed by atoms with E-state index in [1.165, 1.54) is 4.31 Å². The first kappa shape index (κ1) is 19.7. The lowest BCUT2D eigenvalue weighted by molar-refractivity contribution is 0.389. The van der Waals surface area contributed by atoms with Crippen LogP contribution >= 0.6 is 27.7 Å². The molecule has 0 amide bonds. The fourth-order valence-electron chi connectivity index (χ4n) is 3.08. The number of nitrogens with zero attached hydrogens (tertiary/aromatic N) is 3. The Bertz CT molecular complexity index is 912. The number of aromatic nitrogens is 2. The van der Waals surface area contributed by atoms with Crippen molar-refractivity contribution < 1.29 is 13.2 Å². The van der Waals surface area contributed by atoms with E-state index in [-0.39, 0.29) is 16.3 Å². The highest BCUT2D eigenvalue weighted by Crippen LogP contribution is 2.45. The monoisotopic (exact) mass is 459 g/mol. The number of methoxy groups -OCH3 is 1. The van der Waals surface area contributed by atoms with Crippen LogP contribution in [0.1, 0.15) is 36.5 Å². The van der Waals surface area contributed by atoms with Gasteiger partial charge in [-0.1, -0.05) is 29.8 Å². The number of hydrogen-bond acceptors (Lipinski definition) is 5. The molecule has 1 atom stereocenters. The zero-order chi connectivity index (χ0) is 19.1. The van der Waals surface area contributed by atoms with Gasteiger partial charge in [-0.3, -0.25) is 0 Å². The zero-order valence-corrected chi connectivity index (χ0v) is 18.4. The highest BCUT2D eigenvalue weighted by atomic mass is 79.9. The molecule has 1 aromatic carbocycles. The SMILES string of the molecule is COc1ccc(Br)cc1C1SCCN1S(=O)(=O)c1cn(C)c(C(C)C)n1. The molecule has 1 saturated heterocycles. The fraction of sp³-hybridized carbons (Fsp3) is 0.471. The highest BCUT2D eigenvalue weighted by molar-refractivity contribution is 9.10. The molecule has 0 bridgehead atoms. The second kappa shape index (κ2) is 7.53. The number of rotatable bonds is 5. The topological polar surface area (TPSA) is 64.4 Å². The quantitative estimate of drug-likeness (QED) is 0.680. The van der Waals surface area contributed by atoms with Gasteiger partial charge in [-0.2, -0.15) is 4.31 Å². The van der Waals surface area contributed by atoms with E-state index in [1.54, 1.807) is 29.6 Å². The summed E-state index contributed by atoms with van der Waals surface area (Å²) < 4.78 is 36.2. The number of imidazole rings is 1. The molecule has 1 unspecified atom stereocenters. The number of halogens is 1. The lowest BCUT2D eigenvalue weighted by Gasteiger charge is -2.24. The molecule has 0 N–H and O–H groups in total. The van der Waals surface area contributed by atoms with Gasteiger partial charge in [0.25, 0.3) is 10.0 Å². The van der Waals surface area contributed by atoms with E-state index in [0.29, 0.717) is 12.3 Å². The van der Waals surface area contributed by atoms with Crippen molar-refractivity contribution in [3.63, 3.8) is 0 Å². The Hall–Kier alpha value is -1.03. The molecule has 6 nitrogen and oxygen atoms in total. The molecular formula is C17H22BrN3O3S2. The fourth-order valence-corrected chi connectivity index (χ4v) is 6.69. The average Bonchev–Trinajstić information content (AvgIpc) is 3.22. The normalized spacial score (nSPS) is 18.6. The van der Waals surface area contributed by atoms with E-state index in [1.807, 2.05) is 39.1 Å². The standard InChI is InChI=1S/C17H22BrN3O3S2/c1-11(2)16-19-15(10-20(16)3)26(22,23)21-7-8-25-17(21)13-9-12(18)5-6-14(13)24-4/h5-6,9-11,17H,7-8H2,1-4H3. The Morgan fingerprint density at radius 1 is 1.38 bits per heavy atom. The van der Waals surface area contributed by atoms with Gasteiger partial charge >= 0.3 is 0 Å². The van der Waals surface area contributed by atoms with E-state index in [4.69, 9.17) is 4.74 Å². The predicted molar refractivity (Wildman–Crippen MR) is 107 cm³/mol. The molecule has 142 valence electrons. The maximum absolute atomic E-state index is 13.3. The summed E-state index contributed by atoms with van der Waals surface area (Å²) in [6, 6.07) is 5.65. The first-order valence-electron chi connectivity index (χ1n) is 8.26. The van der Waals surface area contributed by atoms with Crippen LogP contribution in [-0.4, -0.2) is 41.7 Å². The van der Waals surface area contributed by atoms with E-state index in [2.05, 4.69) is 20.9 Å². The Kier molecular flexibility index (Phi) is 5.72. The summed E-state index contributed by atoms with van der Waals surface area (Å²) in [6.07, 6.45) is 1.60. The Morgan fingerprint density at radius 3 is 2.73 bits per heavy atom. The Labute approximate surface area is 167 Å². The molecule has 3 rings (SSSR count). The molecule has 9 heteroatoms. The minimum Gasteiger partial charge on any atom is -0.496 e. The number of sulfonamides is 1. The lowest BCUT2D eigenvalue weighted by atomic mass is 10.2. The van der Waals surface area contributed by atoms with Gasteiger partial charge in [-0.05, 0) is 18.2 Å². The third-order valence-corrected chi connectivity index (χ3v) is 7.89. The second-order valence-corrected chi connectivity index (χ2v) is 10.4. The van der Waals surface area contributed by atoms with Gasteiger partial charge < -0.3 is 9.30 Å². The predicted octanol–water partition coefficient (Wildman–Crippen LogP) is 3.75. The molecular weight excluding hydrogens is 438 g/mol. The van der Waals surface area contributed by atoms with Crippen molar-refractivity contribution in [2.24, 2.45) is 7.05 Å². The largest absolute Gasteiger partial charge is 0.496 e. The minimum atomic E-state index is -3.70. The maximum Gasteiger partial charge on any atom is 0.263 e. The van der Waals surface area contributed by atoms with Crippen molar-refractivity contribution >= 4 is 37.7 Å². The van der Waals surface area contributed by atoms with Gasteiger partial charge in [0.15, 0.2) is 5.03 Å². The van der Waals surface area contributed by atoms with Crippen molar-refractivity contribution in [1.82, 2.24) is 13.9 Å². The summed E-state index contributed by atoms with van der Waals surface area (Å²) in [6.45, 7) is 4.44. The lowest BCUT2D eigenvalue weighted by Crippen LogP contribution is -2.31. The van der Waals surface area contributed by atoms with Crippen LogP contribution in [0, 0.1) is 0 Å². The number of hydrogen-bond donors (Lipinski definition) is 0. The van der Waals surface area contributed by atoms with Gasteiger partial charge in [0.05, 0.1) is 12.5 Å². The molecule has 0 saturated carbocycles. The van der Waals surface area contributed by atoms with Crippen molar-refractivity contribution in [1.29, 1.82) is 0 Å². The molecule has 1 aliphatic heterocycles. The van der Waals surface area contributed by atoms with Gasteiger partial charge in [-0.25, -0.2) is 13.4 Å². The third-order valence-electron chi connectivity index (χ3n) is 4.29. The molecule has 0 aliphatic carbocycles. The van der Waals surface area contributed by atoms with Crippen LogP contribution in [0.15, 0.2) is 33.9 Å². The summed E-state index contributed by atoms with van der Waals surface area (Å²) in [4.78, 5) is 4.40. The van der Waals surface area contributed by atoms with E-state index in [9.17, 15) is 8.42 Å². The molecule has 2 aromatic rings. The van der Waals surface area contributed by atoms with Gasteiger partial charge in [0, 0.05) is 41.5 Å². The van der Waals surface area contributed by atoms with Gasteiger partial charge in [0.1, 0.15) is 11.6 Å². The molecule has 0 radical (unpaired) electrons. The first-order valence-corrected chi connectivity index (χ1v) is 11.5. The van der Waals surface area contributed by atoms with Crippen LogP contribution in [0.25, 0.3) is 0 Å². The van der Waals surface area contributed by atoms with E-state index in [0.717, 1.165) is 21.6 Å². The zero-order valence-electron chi connectivity index (χ0n) is 15.1. The molecule has 1 fully saturated rings. The van der Waals surface area contributed by atoms with Crippen LogP contribution in [-0.2, 0) is 17.1 Å². The Morgan fingerprint density at radius 2 is 2.12 bits per heavy atom. The third kappa shape index (κ3) is 3.54. The second-order valence-electron chi connectivity index (χ2n) is 6.43. The summed E-state index contributed by atoms with van der Waals surface area (Å²) in [5, 5.41) is -0.234. The first-order chi connectivity index (χ1) is 12.3.